The quantitative estimate of drug-likeness (QED) is 0.717. The van der Waals surface area contributed by atoms with Crippen molar-refractivity contribution >= 4 is 5.91 Å². The van der Waals surface area contributed by atoms with Crippen LogP contribution in [0.25, 0.3) is 0 Å². The maximum absolute atomic E-state index is 12.4. The summed E-state index contributed by atoms with van der Waals surface area (Å²) in [6, 6.07) is 5.57. The van der Waals surface area contributed by atoms with Crippen molar-refractivity contribution in [2.75, 3.05) is 33.9 Å². The summed E-state index contributed by atoms with van der Waals surface area (Å²) in [6.45, 7) is 8.12. The smallest absolute Gasteiger partial charge is 0.230 e. The molecule has 0 bridgehead atoms. The summed E-state index contributed by atoms with van der Waals surface area (Å²) < 4.78 is 10.5. The fourth-order valence-corrected chi connectivity index (χ4v) is 2.02. The third kappa shape index (κ3) is 4.36. The molecule has 0 heterocycles. The highest BCUT2D eigenvalue weighted by atomic mass is 16.5. The van der Waals surface area contributed by atoms with Crippen molar-refractivity contribution in [3.8, 4) is 11.5 Å². The molecule has 1 amide bonds. The van der Waals surface area contributed by atoms with Gasteiger partial charge in [-0.1, -0.05) is 13.0 Å². The Morgan fingerprint density at radius 3 is 2.38 bits per heavy atom. The third-order valence-corrected chi connectivity index (χ3v) is 3.51. The number of carbonyl (C=O) groups is 1. The summed E-state index contributed by atoms with van der Waals surface area (Å²) in [5.74, 6) is 1.28. The molecule has 1 rings (SSSR count). The lowest BCUT2D eigenvalue weighted by Crippen LogP contribution is -2.42. The fraction of sp³-hybridized carbons (Fsp3) is 0.562. The number of methoxy groups -OCH3 is 2. The average Bonchev–Trinajstić information content (AvgIpc) is 2.50. The van der Waals surface area contributed by atoms with Crippen LogP contribution in [-0.2, 0) is 10.2 Å². The van der Waals surface area contributed by atoms with Crippen molar-refractivity contribution in [1.82, 2.24) is 10.6 Å². The molecule has 5 heteroatoms. The lowest BCUT2D eigenvalue weighted by Gasteiger charge is -2.25. The maximum atomic E-state index is 12.4. The van der Waals surface area contributed by atoms with Gasteiger partial charge < -0.3 is 20.1 Å². The Kier molecular flexibility index (Phi) is 6.49. The molecule has 0 atom stereocenters. The summed E-state index contributed by atoms with van der Waals surface area (Å²) in [5.41, 5.74) is 0.257. The first-order valence-electron chi connectivity index (χ1n) is 7.18. The zero-order valence-electron chi connectivity index (χ0n) is 13.6. The van der Waals surface area contributed by atoms with Gasteiger partial charge in [0, 0.05) is 13.1 Å². The summed E-state index contributed by atoms with van der Waals surface area (Å²) in [4.78, 5) is 12.4. The number of carbonyl (C=O) groups excluding carboxylic acids is 1. The number of benzene rings is 1. The van der Waals surface area contributed by atoms with Gasteiger partial charge in [0.25, 0.3) is 0 Å². The van der Waals surface area contributed by atoms with Crippen LogP contribution in [0, 0.1) is 0 Å². The molecular formula is C16H26N2O3. The molecular weight excluding hydrogens is 268 g/mol. The zero-order chi connectivity index (χ0) is 15.9. The average molecular weight is 294 g/mol. The minimum Gasteiger partial charge on any atom is -0.493 e. The molecule has 1 aromatic rings. The van der Waals surface area contributed by atoms with Gasteiger partial charge in [-0.3, -0.25) is 4.79 Å². The number of ether oxygens (including phenoxy) is 2. The molecule has 21 heavy (non-hydrogen) atoms. The van der Waals surface area contributed by atoms with E-state index in [-0.39, 0.29) is 5.91 Å². The second kappa shape index (κ2) is 7.88. The molecule has 0 aliphatic heterocycles. The molecule has 0 spiro atoms. The Morgan fingerprint density at radius 1 is 1.14 bits per heavy atom. The molecule has 0 aromatic heterocycles. The molecule has 0 radical (unpaired) electrons. The van der Waals surface area contributed by atoms with Gasteiger partial charge in [0.1, 0.15) is 0 Å². The Labute approximate surface area is 127 Å². The Hall–Kier alpha value is -1.75. The zero-order valence-corrected chi connectivity index (χ0v) is 13.6. The normalized spacial score (nSPS) is 11.1. The van der Waals surface area contributed by atoms with Gasteiger partial charge in [0.05, 0.1) is 19.6 Å². The van der Waals surface area contributed by atoms with Crippen LogP contribution in [-0.4, -0.2) is 39.8 Å². The lowest BCUT2D eigenvalue weighted by molar-refractivity contribution is -0.125. The van der Waals surface area contributed by atoms with Gasteiger partial charge in [-0.15, -0.1) is 0 Å². The van der Waals surface area contributed by atoms with Crippen LogP contribution in [0.15, 0.2) is 18.2 Å². The third-order valence-electron chi connectivity index (χ3n) is 3.51. The molecule has 2 N–H and O–H groups in total. The standard InChI is InChI=1S/C16H26N2O3/c1-6-17-9-10-18-15(19)16(2,3)12-7-8-13(20-4)14(11-12)21-5/h7-8,11,17H,6,9-10H2,1-5H3,(H,18,19). The van der Waals surface area contributed by atoms with Crippen molar-refractivity contribution in [1.29, 1.82) is 0 Å². The Morgan fingerprint density at radius 2 is 1.81 bits per heavy atom. The molecule has 5 nitrogen and oxygen atoms in total. The molecule has 0 fully saturated rings. The van der Waals surface area contributed by atoms with Crippen molar-refractivity contribution in [2.24, 2.45) is 0 Å². The highest BCUT2D eigenvalue weighted by Gasteiger charge is 2.30. The number of nitrogens with one attached hydrogen (secondary N) is 2. The maximum Gasteiger partial charge on any atom is 0.230 e. The first kappa shape index (κ1) is 17.3. The van der Waals surface area contributed by atoms with Crippen molar-refractivity contribution in [3.63, 3.8) is 0 Å². The van der Waals surface area contributed by atoms with Crippen LogP contribution in [0.1, 0.15) is 26.3 Å². The second-order valence-corrected chi connectivity index (χ2v) is 5.30. The van der Waals surface area contributed by atoms with E-state index in [2.05, 4.69) is 10.6 Å². The summed E-state index contributed by atoms with van der Waals surface area (Å²) >= 11 is 0. The highest BCUT2D eigenvalue weighted by molar-refractivity contribution is 5.87. The predicted octanol–water partition coefficient (Wildman–Crippen LogP) is 1.71. The molecule has 0 aliphatic carbocycles. The van der Waals surface area contributed by atoms with Gasteiger partial charge in [-0.2, -0.15) is 0 Å². The predicted molar refractivity (Wildman–Crippen MR) is 84.1 cm³/mol. The largest absolute Gasteiger partial charge is 0.493 e. The molecule has 118 valence electrons. The van der Waals surface area contributed by atoms with Gasteiger partial charge in [-0.05, 0) is 38.1 Å². The molecule has 0 aliphatic rings. The van der Waals surface area contributed by atoms with Crippen molar-refractivity contribution in [3.05, 3.63) is 23.8 Å². The van der Waals surface area contributed by atoms with Crippen LogP contribution in [0.3, 0.4) is 0 Å². The minimum absolute atomic E-state index is 0.00683. The van der Waals surface area contributed by atoms with Crippen LogP contribution in [0.2, 0.25) is 0 Å². The monoisotopic (exact) mass is 294 g/mol. The number of hydrogen-bond acceptors (Lipinski definition) is 4. The number of rotatable bonds is 8. The fourth-order valence-electron chi connectivity index (χ4n) is 2.02. The van der Waals surface area contributed by atoms with Crippen LogP contribution >= 0.6 is 0 Å². The van der Waals surface area contributed by atoms with Crippen LogP contribution < -0.4 is 20.1 Å². The van der Waals surface area contributed by atoms with Crippen molar-refractivity contribution < 1.29 is 14.3 Å². The number of hydrogen-bond donors (Lipinski definition) is 2. The topological polar surface area (TPSA) is 59.6 Å². The molecule has 0 saturated heterocycles. The minimum atomic E-state index is -0.633. The number of amides is 1. The van der Waals surface area contributed by atoms with E-state index in [0.717, 1.165) is 18.7 Å². The van der Waals surface area contributed by atoms with E-state index in [4.69, 9.17) is 9.47 Å². The van der Waals surface area contributed by atoms with E-state index >= 15 is 0 Å². The van der Waals surface area contributed by atoms with E-state index in [1.807, 2.05) is 39.0 Å². The Bertz CT molecular complexity index is 473. The number of likely N-dealkylation sites (N-methyl/N-ethyl adjacent to an activating group) is 1. The van der Waals surface area contributed by atoms with E-state index in [1.54, 1.807) is 14.2 Å². The highest BCUT2D eigenvalue weighted by Crippen LogP contribution is 2.33. The van der Waals surface area contributed by atoms with Crippen LogP contribution in [0.5, 0.6) is 11.5 Å². The van der Waals surface area contributed by atoms with E-state index < -0.39 is 5.41 Å². The van der Waals surface area contributed by atoms with Gasteiger partial charge in [0.2, 0.25) is 5.91 Å². The summed E-state index contributed by atoms with van der Waals surface area (Å²) in [5, 5.41) is 6.13. The SMILES string of the molecule is CCNCCNC(=O)C(C)(C)c1ccc(OC)c(OC)c1. The van der Waals surface area contributed by atoms with E-state index in [1.165, 1.54) is 0 Å². The first-order valence-corrected chi connectivity index (χ1v) is 7.18. The van der Waals surface area contributed by atoms with Gasteiger partial charge in [0.15, 0.2) is 11.5 Å². The lowest BCUT2D eigenvalue weighted by atomic mass is 9.83. The van der Waals surface area contributed by atoms with Crippen molar-refractivity contribution in [2.45, 2.75) is 26.2 Å². The van der Waals surface area contributed by atoms with Gasteiger partial charge in [-0.25, -0.2) is 0 Å². The molecule has 0 unspecified atom stereocenters. The molecule has 1 aromatic carbocycles. The molecule has 0 saturated carbocycles. The van der Waals surface area contributed by atoms with E-state index in [0.29, 0.717) is 18.0 Å². The Balaban J connectivity index is 2.83. The van der Waals surface area contributed by atoms with Gasteiger partial charge >= 0.3 is 0 Å². The second-order valence-electron chi connectivity index (χ2n) is 5.30. The summed E-state index contributed by atoms with van der Waals surface area (Å²) in [6.07, 6.45) is 0. The summed E-state index contributed by atoms with van der Waals surface area (Å²) in [7, 11) is 3.18. The van der Waals surface area contributed by atoms with E-state index in [9.17, 15) is 4.79 Å². The van der Waals surface area contributed by atoms with Crippen LogP contribution in [0.4, 0.5) is 0 Å². The first-order chi connectivity index (χ1) is 9.97.